The molecular weight excluding hydrogens is 340 g/mol. The first-order valence-corrected chi connectivity index (χ1v) is 9.39. The van der Waals surface area contributed by atoms with Gasteiger partial charge in [-0.1, -0.05) is 23.8 Å². The van der Waals surface area contributed by atoms with Crippen molar-refractivity contribution in [3.8, 4) is 0 Å². The summed E-state index contributed by atoms with van der Waals surface area (Å²) in [5.41, 5.74) is 3.60. The van der Waals surface area contributed by atoms with E-state index in [1.54, 1.807) is 13.8 Å². The Balaban J connectivity index is 2.65. The maximum absolute atomic E-state index is 13.1. The summed E-state index contributed by atoms with van der Waals surface area (Å²) < 4.78 is 27.6. The monoisotopic (exact) mass is 362 g/mol. The highest BCUT2D eigenvalue weighted by Crippen LogP contribution is 2.32. The van der Waals surface area contributed by atoms with E-state index >= 15 is 0 Å². The molecule has 7 heteroatoms. The molecule has 0 spiro atoms. The van der Waals surface area contributed by atoms with Crippen LogP contribution in [0.3, 0.4) is 0 Å². The Hall–Kier alpha value is -2.41. The lowest BCUT2D eigenvalue weighted by Gasteiger charge is -2.26. The Morgan fingerprint density at radius 2 is 1.56 bits per heavy atom. The Morgan fingerprint density at radius 1 is 1.00 bits per heavy atom. The van der Waals surface area contributed by atoms with Crippen molar-refractivity contribution in [2.75, 3.05) is 10.8 Å². The minimum Gasteiger partial charge on any atom is -0.266 e. The van der Waals surface area contributed by atoms with Gasteiger partial charge in [0.25, 0.3) is 15.7 Å². The lowest BCUT2D eigenvalue weighted by Crippen LogP contribution is -2.32. The fraction of sp³-hybridized carbons (Fsp3) is 0.333. The third kappa shape index (κ3) is 3.51. The Kier molecular flexibility index (Phi) is 5.17. The summed E-state index contributed by atoms with van der Waals surface area (Å²) in [5, 5.41) is 11.2. The van der Waals surface area contributed by atoms with E-state index in [0.717, 1.165) is 22.8 Å². The summed E-state index contributed by atoms with van der Waals surface area (Å²) in [7, 11) is -3.91. The second-order valence-corrected chi connectivity index (χ2v) is 7.98. The minimum atomic E-state index is -3.91. The van der Waals surface area contributed by atoms with Crippen LogP contribution in [0.4, 0.5) is 11.4 Å². The molecule has 0 N–H and O–H groups in total. The third-order valence-corrected chi connectivity index (χ3v) is 6.01. The Labute approximate surface area is 148 Å². The molecule has 0 radical (unpaired) electrons. The number of nitro benzene ring substituents is 1. The molecule has 0 unspecified atom stereocenters. The van der Waals surface area contributed by atoms with Crippen LogP contribution in [0.2, 0.25) is 0 Å². The number of benzene rings is 2. The maximum atomic E-state index is 13.1. The molecule has 0 saturated heterocycles. The number of nitrogens with zero attached hydrogens (tertiary/aromatic N) is 2. The highest BCUT2D eigenvalue weighted by Gasteiger charge is 2.28. The molecule has 2 aromatic carbocycles. The number of aryl methyl sites for hydroxylation is 4. The number of rotatable bonds is 5. The molecule has 0 saturated carbocycles. The maximum Gasteiger partial charge on any atom is 0.273 e. The van der Waals surface area contributed by atoms with Gasteiger partial charge in [0.2, 0.25) is 0 Å². The summed E-state index contributed by atoms with van der Waals surface area (Å²) in [6.07, 6.45) is 0. The first-order chi connectivity index (χ1) is 11.6. The van der Waals surface area contributed by atoms with Gasteiger partial charge in [-0.05, 0) is 51.8 Å². The molecule has 0 atom stereocenters. The van der Waals surface area contributed by atoms with Crippen molar-refractivity contribution in [2.24, 2.45) is 0 Å². The molecule has 2 aromatic rings. The van der Waals surface area contributed by atoms with Crippen LogP contribution in [0.15, 0.2) is 35.2 Å². The van der Waals surface area contributed by atoms with Crippen LogP contribution >= 0.6 is 0 Å². The molecule has 0 heterocycles. The fourth-order valence-corrected chi connectivity index (χ4v) is 4.71. The van der Waals surface area contributed by atoms with Crippen molar-refractivity contribution < 1.29 is 13.3 Å². The van der Waals surface area contributed by atoms with Crippen LogP contribution in [0.5, 0.6) is 0 Å². The number of anilines is 1. The van der Waals surface area contributed by atoms with Crippen LogP contribution in [0.25, 0.3) is 0 Å². The van der Waals surface area contributed by atoms with Crippen molar-refractivity contribution in [1.29, 1.82) is 0 Å². The normalized spacial score (nSPS) is 11.4. The van der Waals surface area contributed by atoms with Crippen LogP contribution < -0.4 is 4.31 Å². The molecule has 6 nitrogen and oxygen atoms in total. The van der Waals surface area contributed by atoms with Gasteiger partial charge in [-0.2, -0.15) is 0 Å². The van der Waals surface area contributed by atoms with E-state index in [1.807, 2.05) is 32.9 Å². The second kappa shape index (κ2) is 6.84. The van der Waals surface area contributed by atoms with Crippen molar-refractivity contribution in [2.45, 2.75) is 39.5 Å². The first-order valence-electron chi connectivity index (χ1n) is 7.95. The van der Waals surface area contributed by atoms with E-state index in [2.05, 4.69) is 0 Å². The van der Waals surface area contributed by atoms with Crippen LogP contribution in [0.1, 0.15) is 29.2 Å². The average molecular weight is 362 g/mol. The van der Waals surface area contributed by atoms with Crippen molar-refractivity contribution in [3.63, 3.8) is 0 Å². The molecule has 0 amide bonds. The van der Waals surface area contributed by atoms with Gasteiger partial charge < -0.3 is 0 Å². The van der Waals surface area contributed by atoms with Gasteiger partial charge in [-0.3, -0.25) is 14.4 Å². The van der Waals surface area contributed by atoms with Crippen molar-refractivity contribution in [1.82, 2.24) is 0 Å². The molecular formula is C18H22N2O4S. The van der Waals surface area contributed by atoms with E-state index in [0.29, 0.717) is 11.3 Å². The number of sulfonamides is 1. The van der Waals surface area contributed by atoms with Gasteiger partial charge in [0.1, 0.15) is 0 Å². The number of hydrogen-bond acceptors (Lipinski definition) is 4. The minimum absolute atomic E-state index is 0.0778. The van der Waals surface area contributed by atoms with Gasteiger partial charge >= 0.3 is 0 Å². The predicted molar refractivity (Wildman–Crippen MR) is 98.7 cm³/mol. The van der Waals surface area contributed by atoms with Gasteiger partial charge in [-0.15, -0.1) is 0 Å². The van der Waals surface area contributed by atoms with Crippen LogP contribution in [-0.2, 0) is 10.0 Å². The zero-order chi connectivity index (χ0) is 18.9. The second-order valence-electron chi connectivity index (χ2n) is 6.12. The standard InChI is InChI=1S/C18H22N2O4S/c1-6-19(18-14(4)9-12(2)10-15(18)5)25(23,24)16-8-7-13(3)17(11-16)20(21)22/h7-11H,6H2,1-5H3. The van der Waals surface area contributed by atoms with Crippen molar-refractivity contribution in [3.05, 3.63) is 62.7 Å². The number of nitro groups is 1. The lowest BCUT2D eigenvalue weighted by molar-refractivity contribution is -0.385. The smallest absolute Gasteiger partial charge is 0.266 e. The highest BCUT2D eigenvalue weighted by atomic mass is 32.2. The molecule has 2 rings (SSSR count). The largest absolute Gasteiger partial charge is 0.273 e. The van der Waals surface area contributed by atoms with Crippen LogP contribution in [0, 0.1) is 37.8 Å². The predicted octanol–water partition coefficient (Wildman–Crippen LogP) is 4.04. The van der Waals surface area contributed by atoms with E-state index in [1.165, 1.54) is 16.4 Å². The van der Waals surface area contributed by atoms with Gasteiger partial charge in [0, 0.05) is 18.2 Å². The summed E-state index contributed by atoms with van der Waals surface area (Å²) in [6, 6.07) is 7.87. The average Bonchev–Trinajstić information content (AvgIpc) is 2.50. The topological polar surface area (TPSA) is 80.5 Å². The van der Waals surface area contributed by atoms with Gasteiger partial charge in [-0.25, -0.2) is 8.42 Å². The molecule has 0 fully saturated rings. The SMILES string of the molecule is CCN(c1c(C)cc(C)cc1C)S(=O)(=O)c1ccc(C)c([N+](=O)[O-])c1. The molecule has 134 valence electrons. The van der Waals surface area contributed by atoms with Gasteiger partial charge in [0.15, 0.2) is 0 Å². The van der Waals surface area contributed by atoms with E-state index in [-0.39, 0.29) is 17.1 Å². The molecule has 0 aliphatic rings. The third-order valence-electron chi connectivity index (χ3n) is 4.14. The molecule has 0 bridgehead atoms. The summed E-state index contributed by atoms with van der Waals surface area (Å²) >= 11 is 0. The fourth-order valence-electron chi connectivity index (χ4n) is 3.09. The number of hydrogen-bond donors (Lipinski definition) is 0. The molecule has 0 aliphatic carbocycles. The van der Waals surface area contributed by atoms with E-state index in [4.69, 9.17) is 0 Å². The quantitative estimate of drug-likeness (QED) is 0.594. The first kappa shape index (κ1) is 18.9. The Morgan fingerprint density at radius 3 is 2.04 bits per heavy atom. The molecule has 0 aromatic heterocycles. The van der Waals surface area contributed by atoms with Crippen LogP contribution in [-0.4, -0.2) is 19.9 Å². The van der Waals surface area contributed by atoms with Gasteiger partial charge in [0.05, 0.1) is 15.5 Å². The van der Waals surface area contributed by atoms with E-state index < -0.39 is 14.9 Å². The summed E-state index contributed by atoms with van der Waals surface area (Å²) in [5.74, 6) is 0. The molecule has 0 aliphatic heterocycles. The zero-order valence-electron chi connectivity index (χ0n) is 15.0. The zero-order valence-corrected chi connectivity index (χ0v) is 15.8. The van der Waals surface area contributed by atoms with E-state index in [9.17, 15) is 18.5 Å². The summed E-state index contributed by atoms with van der Waals surface area (Å²) in [4.78, 5) is 10.5. The lowest BCUT2D eigenvalue weighted by atomic mass is 10.1. The molecule has 25 heavy (non-hydrogen) atoms. The van der Waals surface area contributed by atoms with Crippen molar-refractivity contribution >= 4 is 21.4 Å². The Bertz CT molecular complexity index is 913. The highest BCUT2D eigenvalue weighted by molar-refractivity contribution is 7.92. The summed E-state index contributed by atoms with van der Waals surface area (Å²) in [6.45, 7) is 9.25.